The summed E-state index contributed by atoms with van der Waals surface area (Å²) in [5, 5.41) is 10.3. The van der Waals surface area contributed by atoms with E-state index in [0.29, 0.717) is 23.8 Å². The number of hydrogen-bond acceptors (Lipinski definition) is 2. The molecule has 5 unspecified atom stereocenters. The van der Waals surface area contributed by atoms with Crippen LogP contribution in [0.5, 0.6) is 0 Å². The average molecular weight is 277 g/mol. The molecule has 112 valence electrons. The molecule has 1 aliphatic heterocycles. The number of amides is 1. The van der Waals surface area contributed by atoms with E-state index in [4.69, 9.17) is 0 Å². The fourth-order valence-electron chi connectivity index (χ4n) is 5.25. The number of aliphatic hydroxyl groups is 1. The number of likely N-dealkylation sites (tertiary alicyclic amines) is 1. The zero-order valence-corrected chi connectivity index (χ0v) is 12.3. The third-order valence-electron chi connectivity index (χ3n) is 6.45. The predicted molar refractivity (Wildman–Crippen MR) is 77.0 cm³/mol. The van der Waals surface area contributed by atoms with Crippen LogP contribution in [-0.4, -0.2) is 34.6 Å². The summed E-state index contributed by atoms with van der Waals surface area (Å²) in [6, 6.07) is 0.342. The standard InChI is InChI=1S/C17H27NO2/c19-16-6-2-1-4-14(16)15-5-3-7-18(15)17(20)13-9-11-8-12(11)10-13/h11-16,19H,1-10H2. The summed E-state index contributed by atoms with van der Waals surface area (Å²) in [7, 11) is 0. The highest BCUT2D eigenvalue weighted by Gasteiger charge is 2.50. The molecule has 5 atom stereocenters. The Balaban J connectivity index is 1.44. The molecule has 0 bridgehead atoms. The molecule has 20 heavy (non-hydrogen) atoms. The molecular weight excluding hydrogens is 250 g/mol. The third kappa shape index (κ3) is 2.18. The first-order chi connectivity index (χ1) is 9.74. The molecule has 0 radical (unpaired) electrons. The summed E-state index contributed by atoms with van der Waals surface area (Å²) in [6.07, 6.45) is 10.2. The van der Waals surface area contributed by atoms with Crippen molar-refractivity contribution in [2.45, 2.75) is 69.9 Å². The summed E-state index contributed by atoms with van der Waals surface area (Å²) in [5.41, 5.74) is 0. The minimum absolute atomic E-state index is 0.167. The molecule has 3 saturated carbocycles. The highest BCUT2D eigenvalue weighted by atomic mass is 16.3. The number of aliphatic hydroxyl groups excluding tert-OH is 1. The van der Waals surface area contributed by atoms with E-state index in [0.717, 1.165) is 63.3 Å². The molecule has 0 spiro atoms. The van der Waals surface area contributed by atoms with E-state index < -0.39 is 0 Å². The molecule has 3 nitrogen and oxygen atoms in total. The lowest BCUT2D eigenvalue weighted by molar-refractivity contribution is -0.138. The van der Waals surface area contributed by atoms with Gasteiger partial charge in [-0.25, -0.2) is 0 Å². The van der Waals surface area contributed by atoms with Crippen LogP contribution in [-0.2, 0) is 4.79 Å². The van der Waals surface area contributed by atoms with Crippen LogP contribution in [0.15, 0.2) is 0 Å². The van der Waals surface area contributed by atoms with Crippen LogP contribution in [0.2, 0.25) is 0 Å². The Labute approximate surface area is 121 Å². The van der Waals surface area contributed by atoms with Crippen molar-refractivity contribution < 1.29 is 9.90 Å². The lowest BCUT2D eigenvalue weighted by Crippen LogP contribution is -2.47. The monoisotopic (exact) mass is 277 g/mol. The summed E-state index contributed by atoms with van der Waals surface area (Å²) < 4.78 is 0. The number of carbonyl (C=O) groups is 1. The maximum atomic E-state index is 12.8. The van der Waals surface area contributed by atoms with Gasteiger partial charge in [0.1, 0.15) is 0 Å². The molecule has 1 N–H and O–H groups in total. The van der Waals surface area contributed by atoms with E-state index in [9.17, 15) is 9.90 Å². The molecule has 1 amide bonds. The SMILES string of the molecule is O=C(C1CC2CC2C1)N1CCCC1C1CCCCC1O. The summed E-state index contributed by atoms with van der Waals surface area (Å²) in [4.78, 5) is 15.0. The fraction of sp³-hybridized carbons (Fsp3) is 0.941. The van der Waals surface area contributed by atoms with Crippen LogP contribution in [0.3, 0.4) is 0 Å². The highest BCUT2D eigenvalue weighted by Crippen LogP contribution is 2.55. The lowest BCUT2D eigenvalue weighted by Gasteiger charge is -2.38. The van der Waals surface area contributed by atoms with Crippen LogP contribution in [0.4, 0.5) is 0 Å². The number of carbonyl (C=O) groups excluding carboxylic acids is 1. The van der Waals surface area contributed by atoms with E-state index in [2.05, 4.69) is 4.90 Å². The first-order valence-corrected chi connectivity index (χ1v) is 8.72. The summed E-state index contributed by atoms with van der Waals surface area (Å²) >= 11 is 0. The molecule has 1 saturated heterocycles. The second kappa shape index (κ2) is 5.01. The number of rotatable bonds is 2. The Bertz CT molecular complexity index is 386. The molecule has 3 heteroatoms. The molecule has 4 fully saturated rings. The number of fused-ring (bicyclic) bond motifs is 1. The van der Waals surface area contributed by atoms with Gasteiger partial charge in [0.25, 0.3) is 0 Å². The topological polar surface area (TPSA) is 40.5 Å². The van der Waals surface area contributed by atoms with Gasteiger partial charge in [-0.05, 0) is 56.8 Å². The van der Waals surface area contributed by atoms with Crippen LogP contribution >= 0.6 is 0 Å². The average Bonchev–Trinajstić information content (AvgIpc) is 2.91. The number of nitrogens with zero attached hydrogens (tertiary/aromatic N) is 1. The molecule has 0 aromatic carbocycles. The normalized spacial score (nSPS) is 47.4. The van der Waals surface area contributed by atoms with Crippen molar-refractivity contribution in [3.05, 3.63) is 0 Å². The van der Waals surface area contributed by atoms with Crippen molar-refractivity contribution >= 4 is 5.91 Å². The van der Waals surface area contributed by atoms with Gasteiger partial charge in [-0.3, -0.25) is 4.79 Å². The van der Waals surface area contributed by atoms with Gasteiger partial charge < -0.3 is 10.0 Å². The van der Waals surface area contributed by atoms with Crippen LogP contribution in [0.1, 0.15) is 57.8 Å². The fourth-order valence-corrected chi connectivity index (χ4v) is 5.25. The van der Waals surface area contributed by atoms with Crippen molar-refractivity contribution in [2.24, 2.45) is 23.7 Å². The maximum Gasteiger partial charge on any atom is 0.225 e. The van der Waals surface area contributed by atoms with Crippen molar-refractivity contribution in [1.29, 1.82) is 0 Å². The third-order valence-corrected chi connectivity index (χ3v) is 6.45. The second-order valence-electron chi connectivity index (χ2n) is 7.68. The van der Waals surface area contributed by atoms with Gasteiger partial charge in [-0.15, -0.1) is 0 Å². The molecule has 4 aliphatic rings. The summed E-state index contributed by atoms with van der Waals surface area (Å²) in [5.74, 6) is 2.86. The molecule has 0 aromatic rings. The van der Waals surface area contributed by atoms with Gasteiger partial charge in [0.05, 0.1) is 6.10 Å². The predicted octanol–water partition coefficient (Wildman–Crippen LogP) is 2.57. The van der Waals surface area contributed by atoms with Crippen molar-refractivity contribution in [3.8, 4) is 0 Å². The minimum atomic E-state index is -0.167. The van der Waals surface area contributed by atoms with E-state index in [-0.39, 0.29) is 6.10 Å². The molecule has 0 aromatic heterocycles. The lowest BCUT2D eigenvalue weighted by atomic mass is 9.80. The van der Waals surface area contributed by atoms with Crippen molar-refractivity contribution in [1.82, 2.24) is 4.90 Å². The first-order valence-electron chi connectivity index (χ1n) is 8.72. The Morgan fingerprint density at radius 2 is 1.70 bits per heavy atom. The maximum absolute atomic E-state index is 12.8. The quantitative estimate of drug-likeness (QED) is 0.843. The van der Waals surface area contributed by atoms with E-state index in [1.807, 2.05) is 0 Å². The zero-order valence-electron chi connectivity index (χ0n) is 12.3. The Hall–Kier alpha value is -0.570. The largest absolute Gasteiger partial charge is 0.393 e. The molecular formula is C17H27NO2. The van der Waals surface area contributed by atoms with Gasteiger partial charge in [0.2, 0.25) is 5.91 Å². The van der Waals surface area contributed by atoms with Gasteiger partial charge in [-0.2, -0.15) is 0 Å². The van der Waals surface area contributed by atoms with E-state index in [1.54, 1.807) is 0 Å². The Morgan fingerprint density at radius 3 is 2.45 bits per heavy atom. The van der Waals surface area contributed by atoms with Crippen molar-refractivity contribution in [3.63, 3.8) is 0 Å². The van der Waals surface area contributed by atoms with Gasteiger partial charge in [-0.1, -0.05) is 12.8 Å². The minimum Gasteiger partial charge on any atom is -0.393 e. The van der Waals surface area contributed by atoms with E-state index in [1.165, 1.54) is 12.8 Å². The highest BCUT2D eigenvalue weighted by molar-refractivity contribution is 5.80. The zero-order chi connectivity index (χ0) is 13.7. The molecule has 1 heterocycles. The Morgan fingerprint density at radius 1 is 0.950 bits per heavy atom. The summed E-state index contributed by atoms with van der Waals surface area (Å²) in [6.45, 7) is 0.943. The molecule has 4 rings (SSSR count). The van der Waals surface area contributed by atoms with Gasteiger partial charge in [0.15, 0.2) is 0 Å². The van der Waals surface area contributed by atoms with Gasteiger partial charge in [0, 0.05) is 24.4 Å². The Kier molecular flexibility index (Phi) is 3.29. The number of hydrogen-bond donors (Lipinski definition) is 1. The van der Waals surface area contributed by atoms with Crippen molar-refractivity contribution in [2.75, 3.05) is 6.54 Å². The van der Waals surface area contributed by atoms with Gasteiger partial charge >= 0.3 is 0 Å². The van der Waals surface area contributed by atoms with E-state index >= 15 is 0 Å². The van der Waals surface area contributed by atoms with Crippen LogP contribution < -0.4 is 0 Å². The smallest absolute Gasteiger partial charge is 0.225 e. The first kappa shape index (κ1) is 13.1. The van der Waals surface area contributed by atoms with Crippen LogP contribution in [0, 0.1) is 23.7 Å². The second-order valence-corrected chi connectivity index (χ2v) is 7.68. The van der Waals surface area contributed by atoms with Crippen LogP contribution in [0.25, 0.3) is 0 Å². The molecule has 3 aliphatic carbocycles.